The number of aliphatic imine (C=N–C) groups is 2. The second kappa shape index (κ2) is 17.7. The average molecular weight is 1100 g/mol. The third-order valence-corrected chi connectivity index (χ3v) is 15.1. The normalized spacial score (nSPS) is 13.7. The SMILES string of the molecule is I.c1ccc(C2=NC(n3c4ccccc4c4c5c(ccc43)c3ccccc3n5-c3nc(-c4ccccc4)nc(-n4c5ccccc5c5ccc6c7ccccc7n(-c7ccccc7)c6c54)n3)NC(c3ccccc3)=N2)cc1. The van der Waals surface area contributed by atoms with Gasteiger partial charge < -0.3 is 14.5 Å². The van der Waals surface area contributed by atoms with E-state index in [0.29, 0.717) is 23.6 Å². The fourth-order valence-corrected chi connectivity index (χ4v) is 11.9. The molecule has 6 heterocycles. The third-order valence-electron chi connectivity index (χ3n) is 15.1. The van der Waals surface area contributed by atoms with Gasteiger partial charge in [0.25, 0.3) is 0 Å². The van der Waals surface area contributed by atoms with Crippen LogP contribution in [0.3, 0.4) is 0 Å². The highest BCUT2D eigenvalue weighted by Crippen LogP contribution is 2.44. The van der Waals surface area contributed by atoms with Gasteiger partial charge in [-0.15, -0.1) is 24.0 Å². The van der Waals surface area contributed by atoms with Crippen LogP contribution in [0.15, 0.2) is 253 Å². The Morgan fingerprint density at radius 3 is 1.38 bits per heavy atom. The van der Waals surface area contributed by atoms with Gasteiger partial charge in [-0.1, -0.05) is 200 Å². The number of hydrogen-bond donors (Lipinski definition) is 1. The lowest BCUT2D eigenvalue weighted by Crippen LogP contribution is -2.36. The molecular weight excluding hydrogens is 1060 g/mol. The molecule has 0 radical (unpaired) electrons. The van der Waals surface area contributed by atoms with Crippen LogP contribution in [0.25, 0.3) is 116 Å². The Balaban J connectivity index is 0.00000518. The van der Waals surface area contributed by atoms with Crippen molar-refractivity contribution in [3.63, 3.8) is 0 Å². The van der Waals surface area contributed by atoms with E-state index in [-0.39, 0.29) is 24.0 Å². The first kappa shape index (κ1) is 44.7. The fourth-order valence-electron chi connectivity index (χ4n) is 11.9. The van der Waals surface area contributed by atoms with Gasteiger partial charge in [0.2, 0.25) is 18.2 Å². The maximum atomic E-state index is 5.72. The lowest BCUT2D eigenvalue weighted by Gasteiger charge is -2.25. The maximum absolute atomic E-state index is 5.72. The van der Waals surface area contributed by atoms with Crippen LogP contribution in [-0.4, -0.2) is 44.9 Å². The molecule has 15 aromatic rings. The van der Waals surface area contributed by atoms with E-state index in [1.807, 2.05) is 54.6 Å². The molecule has 0 aliphatic carbocycles. The second-order valence-corrected chi connectivity index (χ2v) is 19.3. The molecule has 0 amide bonds. The van der Waals surface area contributed by atoms with Crippen LogP contribution in [0.4, 0.5) is 0 Å². The Kier molecular flexibility index (Phi) is 10.3. The van der Waals surface area contributed by atoms with Gasteiger partial charge in [-0.25, -0.2) is 9.98 Å². The van der Waals surface area contributed by atoms with E-state index in [0.717, 1.165) is 110 Å². The van der Waals surface area contributed by atoms with Crippen molar-refractivity contribution in [3.8, 4) is 29.0 Å². The Bertz CT molecular complexity index is 4900. The zero-order valence-electron chi connectivity index (χ0n) is 41.1. The summed E-state index contributed by atoms with van der Waals surface area (Å²) in [5.74, 6) is 2.97. The van der Waals surface area contributed by atoms with Gasteiger partial charge in [-0.2, -0.15) is 15.0 Å². The molecule has 1 N–H and O–H groups in total. The van der Waals surface area contributed by atoms with Gasteiger partial charge in [0, 0.05) is 65.5 Å². The molecule has 0 spiro atoms. The fraction of sp³-hybridized carbons (Fsp3) is 0.0152. The standard InChI is InChI=1S/C66H42N10.HI/c1-5-21-41(22-6-1)61-67-62(42-23-7-2-8-24-42)69-64(68-61)74-55-36-20-16-32-51(55)57-56(74)40-39-48-45-29-14-18-34-53(45)75(58(48)57)65-70-63(43-25-9-3-10-26-43)71-66(72-65)76-54-35-19-15-31-47(54)50-38-37-49-46-30-13-17-33-52(46)73(59(49)60(50)76)44-27-11-4-12-28-44;/h1-40,64H,(H,67,68,69);1H. The first-order chi connectivity index (χ1) is 37.7. The monoisotopic (exact) mass is 1100 g/mol. The van der Waals surface area contributed by atoms with Crippen LogP contribution in [0.1, 0.15) is 17.4 Å². The second-order valence-electron chi connectivity index (χ2n) is 19.3. The molecule has 0 fully saturated rings. The van der Waals surface area contributed by atoms with Crippen molar-refractivity contribution < 1.29 is 0 Å². The Hall–Kier alpha value is -9.72. The topological polar surface area (TPSA) is 95.1 Å². The van der Waals surface area contributed by atoms with Gasteiger partial charge in [0.15, 0.2) is 11.7 Å². The quantitative estimate of drug-likeness (QED) is 0.161. The summed E-state index contributed by atoms with van der Waals surface area (Å²) < 4.78 is 9.23. The van der Waals surface area contributed by atoms with Crippen molar-refractivity contribution in [2.75, 3.05) is 0 Å². The van der Waals surface area contributed by atoms with Crippen molar-refractivity contribution >= 4 is 123 Å². The smallest absolute Gasteiger partial charge is 0.240 e. The number of aromatic nitrogens is 7. The molecule has 364 valence electrons. The summed E-state index contributed by atoms with van der Waals surface area (Å²) in [6.45, 7) is 0. The number of nitrogens with zero attached hydrogens (tertiary/aromatic N) is 9. The zero-order valence-corrected chi connectivity index (χ0v) is 43.4. The lowest BCUT2D eigenvalue weighted by atomic mass is 10.1. The summed E-state index contributed by atoms with van der Waals surface area (Å²) in [7, 11) is 0. The molecule has 11 heteroatoms. The molecule has 0 bridgehead atoms. The number of hydrogen-bond acceptors (Lipinski definition) is 6. The summed E-state index contributed by atoms with van der Waals surface area (Å²) in [6, 6.07) is 84.9. The van der Waals surface area contributed by atoms with E-state index >= 15 is 0 Å². The predicted molar refractivity (Wildman–Crippen MR) is 325 cm³/mol. The van der Waals surface area contributed by atoms with E-state index in [1.165, 1.54) is 5.39 Å². The minimum atomic E-state index is -0.548. The number of halogens is 1. The number of rotatable bonds is 7. The van der Waals surface area contributed by atoms with Crippen LogP contribution < -0.4 is 5.32 Å². The number of fused-ring (bicyclic) bond motifs is 14. The molecule has 10 nitrogen and oxygen atoms in total. The van der Waals surface area contributed by atoms with Gasteiger partial charge >= 0.3 is 0 Å². The Labute approximate surface area is 457 Å². The predicted octanol–water partition coefficient (Wildman–Crippen LogP) is 15.5. The van der Waals surface area contributed by atoms with Crippen molar-refractivity contribution in [2.24, 2.45) is 9.98 Å². The first-order valence-electron chi connectivity index (χ1n) is 25.6. The summed E-state index contributed by atoms with van der Waals surface area (Å²) >= 11 is 0. The number of benzene rings is 10. The van der Waals surface area contributed by atoms with Crippen molar-refractivity contribution in [1.29, 1.82) is 0 Å². The Morgan fingerprint density at radius 1 is 0.338 bits per heavy atom. The van der Waals surface area contributed by atoms with Gasteiger partial charge in [0.1, 0.15) is 5.84 Å². The molecule has 10 aromatic carbocycles. The summed E-state index contributed by atoms with van der Waals surface area (Å²) in [6.07, 6.45) is -0.548. The summed E-state index contributed by atoms with van der Waals surface area (Å²) in [4.78, 5) is 27.3. The van der Waals surface area contributed by atoms with Gasteiger partial charge in [0.05, 0.1) is 44.1 Å². The zero-order chi connectivity index (χ0) is 49.8. The highest BCUT2D eigenvalue weighted by molar-refractivity contribution is 14.0. The molecule has 1 atom stereocenters. The van der Waals surface area contributed by atoms with Crippen molar-refractivity contribution in [3.05, 3.63) is 254 Å². The number of nitrogens with one attached hydrogen (secondary N) is 1. The number of para-hydroxylation sites is 5. The van der Waals surface area contributed by atoms with Crippen molar-refractivity contribution in [2.45, 2.75) is 6.29 Å². The van der Waals surface area contributed by atoms with Crippen LogP contribution in [-0.2, 0) is 0 Å². The van der Waals surface area contributed by atoms with E-state index in [2.05, 4.69) is 212 Å². The molecule has 16 rings (SSSR count). The van der Waals surface area contributed by atoms with Gasteiger partial charge in [-0.3, -0.25) is 9.13 Å². The van der Waals surface area contributed by atoms with E-state index in [9.17, 15) is 0 Å². The van der Waals surface area contributed by atoms with Crippen LogP contribution in [0, 0.1) is 0 Å². The van der Waals surface area contributed by atoms with Crippen LogP contribution in [0.2, 0.25) is 0 Å². The highest BCUT2D eigenvalue weighted by atomic mass is 127. The molecule has 1 aliphatic rings. The molecule has 1 aliphatic heterocycles. The minimum Gasteiger partial charge on any atom is -0.331 e. The number of amidine groups is 2. The van der Waals surface area contributed by atoms with Crippen molar-refractivity contribution in [1.82, 2.24) is 38.5 Å². The molecular formula is C66H43IN10. The van der Waals surface area contributed by atoms with Gasteiger partial charge in [-0.05, 0) is 42.5 Å². The molecule has 5 aromatic heterocycles. The van der Waals surface area contributed by atoms with E-state index in [1.54, 1.807) is 0 Å². The summed E-state index contributed by atoms with van der Waals surface area (Å²) in [5, 5.41) is 12.6. The van der Waals surface area contributed by atoms with E-state index < -0.39 is 6.29 Å². The minimum absolute atomic E-state index is 0. The molecule has 1 unspecified atom stereocenters. The lowest BCUT2D eigenvalue weighted by molar-refractivity contribution is 0.516. The first-order valence-corrected chi connectivity index (χ1v) is 25.6. The highest BCUT2D eigenvalue weighted by Gasteiger charge is 2.29. The van der Waals surface area contributed by atoms with Crippen LogP contribution in [0.5, 0.6) is 0 Å². The molecule has 0 saturated carbocycles. The Morgan fingerprint density at radius 2 is 0.779 bits per heavy atom. The molecule has 0 saturated heterocycles. The molecule has 77 heavy (non-hydrogen) atoms. The largest absolute Gasteiger partial charge is 0.331 e. The maximum Gasteiger partial charge on any atom is 0.240 e. The van der Waals surface area contributed by atoms with E-state index in [4.69, 9.17) is 24.9 Å². The average Bonchev–Trinajstić information content (AvgIpc) is 4.39. The third kappa shape index (κ3) is 6.83. The van der Waals surface area contributed by atoms with Crippen LogP contribution >= 0.6 is 24.0 Å². The summed E-state index contributed by atoms with van der Waals surface area (Å²) in [5.41, 5.74) is 12.1.